The SMILES string of the molecule is CN(C)C(=O)N(C)C=C1C(=O)OC(C)(C)OC1=O. The van der Waals surface area contributed by atoms with Gasteiger partial charge < -0.3 is 19.3 Å². The summed E-state index contributed by atoms with van der Waals surface area (Å²) in [5, 5.41) is 0. The van der Waals surface area contributed by atoms with Crippen molar-refractivity contribution in [1.29, 1.82) is 0 Å². The van der Waals surface area contributed by atoms with E-state index in [0.717, 1.165) is 11.1 Å². The van der Waals surface area contributed by atoms with Crippen LogP contribution in [0.1, 0.15) is 13.8 Å². The predicted molar refractivity (Wildman–Crippen MR) is 61.2 cm³/mol. The van der Waals surface area contributed by atoms with Crippen molar-refractivity contribution >= 4 is 18.0 Å². The first-order valence-electron chi connectivity index (χ1n) is 5.26. The van der Waals surface area contributed by atoms with E-state index in [2.05, 4.69) is 0 Å². The molecular weight excluding hydrogens is 240 g/mol. The van der Waals surface area contributed by atoms with E-state index in [1.807, 2.05) is 0 Å². The van der Waals surface area contributed by atoms with Crippen molar-refractivity contribution in [3.05, 3.63) is 11.8 Å². The van der Waals surface area contributed by atoms with Gasteiger partial charge in [-0.25, -0.2) is 14.4 Å². The quantitative estimate of drug-likeness (QED) is 0.383. The first-order valence-corrected chi connectivity index (χ1v) is 5.26. The zero-order chi connectivity index (χ0) is 14.1. The number of carbonyl (C=O) groups excluding carboxylic acids is 3. The van der Waals surface area contributed by atoms with E-state index in [1.165, 1.54) is 25.8 Å². The molecule has 7 nitrogen and oxygen atoms in total. The highest BCUT2D eigenvalue weighted by Crippen LogP contribution is 2.22. The molecule has 0 aliphatic carbocycles. The number of urea groups is 1. The van der Waals surface area contributed by atoms with Gasteiger partial charge in [0.15, 0.2) is 5.57 Å². The lowest BCUT2D eigenvalue weighted by Gasteiger charge is -2.30. The predicted octanol–water partition coefficient (Wildman–Crippen LogP) is 0.320. The van der Waals surface area contributed by atoms with Gasteiger partial charge in [0.1, 0.15) is 0 Å². The highest BCUT2D eigenvalue weighted by molar-refractivity contribution is 6.15. The molecule has 0 atom stereocenters. The third kappa shape index (κ3) is 2.99. The number of ether oxygens (including phenoxy) is 2. The molecular formula is C11H16N2O5. The third-order valence-corrected chi connectivity index (χ3v) is 2.12. The summed E-state index contributed by atoms with van der Waals surface area (Å²) in [5.41, 5.74) is -0.313. The van der Waals surface area contributed by atoms with Crippen LogP contribution in [0.25, 0.3) is 0 Å². The molecule has 1 heterocycles. The Morgan fingerprint density at radius 3 is 1.94 bits per heavy atom. The normalized spacial score (nSPS) is 17.7. The fraction of sp³-hybridized carbons (Fsp3) is 0.545. The van der Waals surface area contributed by atoms with Crippen molar-refractivity contribution in [2.75, 3.05) is 21.1 Å². The van der Waals surface area contributed by atoms with Crippen LogP contribution in [-0.4, -0.2) is 54.7 Å². The average Bonchev–Trinajstić information content (AvgIpc) is 2.20. The molecule has 18 heavy (non-hydrogen) atoms. The summed E-state index contributed by atoms with van der Waals surface area (Å²) in [6.07, 6.45) is 1.10. The molecule has 1 aliphatic heterocycles. The number of cyclic esters (lactones) is 2. The zero-order valence-corrected chi connectivity index (χ0v) is 11.0. The highest BCUT2D eigenvalue weighted by Gasteiger charge is 2.39. The maximum absolute atomic E-state index is 11.6. The molecule has 0 aromatic rings. The van der Waals surface area contributed by atoms with Gasteiger partial charge in [-0.1, -0.05) is 0 Å². The van der Waals surface area contributed by atoms with Crippen LogP contribution in [0.4, 0.5) is 4.79 Å². The maximum atomic E-state index is 11.6. The summed E-state index contributed by atoms with van der Waals surface area (Å²) in [5.74, 6) is -2.90. The van der Waals surface area contributed by atoms with Gasteiger partial charge in [0.2, 0.25) is 0 Å². The van der Waals surface area contributed by atoms with Gasteiger partial charge >= 0.3 is 18.0 Å². The van der Waals surface area contributed by atoms with Crippen LogP contribution in [-0.2, 0) is 19.1 Å². The van der Waals surface area contributed by atoms with Crippen molar-refractivity contribution in [3.63, 3.8) is 0 Å². The number of hydrogen-bond donors (Lipinski definition) is 0. The molecule has 1 aliphatic rings. The van der Waals surface area contributed by atoms with Crippen LogP contribution in [0.5, 0.6) is 0 Å². The van der Waals surface area contributed by atoms with Crippen LogP contribution in [0, 0.1) is 0 Å². The molecule has 0 unspecified atom stereocenters. The average molecular weight is 256 g/mol. The second kappa shape index (κ2) is 4.67. The van der Waals surface area contributed by atoms with Gasteiger partial charge in [-0.3, -0.25) is 0 Å². The second-order valence-corrected chi connectivity index (χ2v) is 4.51. The van der Waals surface area contributed by atoms with Gasteiger partial charge in [-0.15, -0.1) is 0 Å². The Morgan fingerprint density at radius 1 is 1.11 bits per heavy atom. The van der Waals surface area contributed by atoms with Crippen molar-refractivity contribution in [2.24, 2.45) is 0 Å². The van der Waals surface area contributed by atoms with Crippen LogP contribution in [0.2, 0.25) is 0 Å². The number of carbonyl (C=O) groups is 3. The zero-order valence-electron chi connectivity index (χ0n) is 11.0. The fourth-order valence-electron chi connectivity index (χ4n) is 1.33. The summed E-state index contributed by atoms with van der Waals surface area (Å²) >= 11 is 0. The van der Waals surface area contributed by atoms with E-state index in [1.54, 1.807) is 14.1 Å². The van der Waals surface area contributed by atoms with Crippen LogP contribution >= 0.6 is 0 Å². The second-order valence-electron chi connectivity index (χ2n) is 4.51. The van der Waals surface area contributed by atoms with Crippen molar-refractivity contribution in [3.8, 4) is 0 Å². The van der Waals surface area contributed by atoms with Crippen LogP contribution < -0.4 is 0 Å². The number of amides is 2. The Labute approximate surface area is 105 Å². The van der Waals surface area contributed by atoms with Gasteiger partial charge in [0.25, 0.3) is 5.79 Å². The Kier molecular flexibility index (Phi) is 3.64. The Hall–Kier alpha value is -2.05. The molecule has 0 aromatic heterocycles. The minimum Gasteiger partial charge on any atom is -0.419 e. The molecule has 0 saturated carbocycles. The topological polar surface area (TPSA) is 76.2 Å². The van der Waals surface area contributed by atoms with Gasteiger partial charge in [-0.05, 0) is 0 Å². The Morgan fingerprint density at radius 2 is 1.56 bits per heavy atom. The van der Waals surface area contributed by atoms with E-state index in [4.69, 9.17) is 9.47 Å². The molecule has 2 amide bonds. The molecule has 0 aromatic carbocycles. The molecule has 1 fully saturated rings. The summed E-state index contributed by atoms with van der Waals surface area (Å²) in [7, 11) is 4.53. The van der Waals surface area contributed by atoms with Crippen molar-refractivity contribution < 1.29 is 23.9 Å². The minimum atomic E-state index is -1.28. The van der Waals surface area contributed by atoms with E-state index < -0.39 is 17.7 Å². The molecule has 0 N–H and O–H groups in total. The lowest BCUT2D eigenvalue weighted by atomic mass is 10.2. The Balaban J connectivity index is 2.93. The standard InChI is InChI=1S/C11H16N2O5/c1-11(2)17-8(14)7(9(15)18-11)6-13(5)10(16)12(3)4/h6H,1-5H3. The van der Waals surface area contributed by atoms with E-state index in [9.17, 15) is 14.4 Å². The number of esters is 2. The first kappa shape index (κ1) is 14.0. The number of nitrogens with zero attached hydrogens (tertiary/aromatic N) is 2. The maximum Gasteiger partial charge on any atom is 0.350 e. The number of hydrogen-bond acceptors (Lipinski definition) is 5. The lowest BCUT2D eigenvalue weighted by molar-refractivity contribution is -0.222. The molecule has 1 rings (SSSR count). The summed E-state index contributed by atoms with van der Waals surface area (Å²) in [4.78, 5) is 37.2. The van der Waals surface area contributed by atoms with Crippen molar-refractivity contribution in [1.82, 2.24) is 9.80 Å². The molecule has 0 spiro atoms. The lowest BCUT2D eigenvalue weighted by Crippen LogP contribution is -2.43. The summed E-state index contributed by atoms with van der Waals surface area (Å²) in [6, 6.07) is -0.382. The molecule has 0 bridgehead atoms. The molecule has 7 heteroatoms. The third-order valence-electron chi connectivity index (χ3n) is 2.12. The van der Waals surface area contributed by atoms with Crippen molar-refractivity contribution in [2.45, 2.75) is 19.6 Å². The van der Waals surface area contributed by atoms with E-state index >= 15 is 0 Å². The van der Waals surface area contributed by atoms with Gasteiger partial charge in [-0.2, -0.15) is 0 Å². The van der Waals surface area contributed by atoms with Crippen LogP contribution in [0.15, 0.2) is 11.8 Å². The fourth-order valence-corrected chi connectivity index (χ4v) is 1.33. The molecule has 100 valence electrons. The van der Waals surface area contributed by atoms with Gasteiger partial charge in [0.05, 0.1) is 0 Å². The summed E-state index contributed by atoms with van der Waals surface area (Å²) in [6.45, 7) is 2.91. The largest absolute Gasteiger partial charge is 0.419 e. The number of rotatable bonds is 1. The van der Waals surface area contributed by atoms with E-state index in [0.29, 0.717) is 0 Å². The van der Waals surface area contributed by atoms with E-state index in [-0.39, 0.29) is 11.6 Å². The summed E-state index contributed by atoms with van der Waals surface area (Å²) < 4.78 is 9.79. The van der Waals surface area contributed by atoms with Crippen LogP contribution in [0.3, 0.4) is 0 Å². The monoisotopic (exact) mass is 256 g/mol. The smallest absolute Gasteiger partial charge is 0.350 e. The first-order chi connectivity index (χ1) is 8.14. The highest BCUT2D eigenvalue weighted by atomic mass is 16.7. The Bertz CT molecular complexity index is 403. The minimum absolute atomic E-state index is 0.313. The van der Waals surface area contributed by atoms with Gasteiger partial charge in [0, 0.05) is 41.2 Å². The molecule has 0 radical (unpaired) electrons. The molecule has 1 saturated heterocycles.